The highest BCUT2D eigenvalue weighted by Gasteiger charge is 2.54. The van der Waals surface area contributed by atoms with Crippen LogP contribution in [0, 0.1) is 6.57 Å². The van der Waals surface area contributed by atoms with Gasteiger partial charge in [-0.05, 0) is 5.01 Å². The highest BCUT2D eigenvalue weighted by Crippen LogP contribution is 2.38. The van der Waals surface area contributed by atoms with Crippen molar-refractivity contribution in [2.75, 3.05) is 46.1 Å². The number of rotatable bonds is 12. The molecule has 0 aromatic carbocycles. The second kappa shape index (κ2) is 8.68. The average Bonchev–Trinajstić information content (AvgIpc) is 3.45. The quantitative estimate of drug-likeness (QED) is 0.223. The van der Waals surface area contributed by atoms with Gasteiger partial charge in [0.05, 0.1) is 56.9 Å². The zero-order valence-corrected chi connectivity index (χ0v) is 15.2. The van der Waals surface area contributed by atoms with Gasteiger partial charge in [-0.15, -0.1) is 0 Å². The van der Waals surface area contributed by atoms with Crippen molar-refractivity contribution in [2.24, 2.45) is 0 Å². The van der Waals surface area contributed by atoms with E-state index in [0.717, 1.165) is 5.01 Å². The van der Waals surface area contributed by atoms with Crippen LogP contribution >= 0.6 is 0 Å². The van der Waals surface area contributed by atoms with Gasteiger partial charge in [0.25, 0.3) is 0 Å². The number of carbonyl (C=O) groups is 1. The lowest BCUT2D eigenvalue weighted by atomic mass is 9.82. The number of nitrogens with zero attached hydrogens (tertiary/aromatic N) is 3. The van der Waals surface area contributed by atoms with Crippen LogP contribution in [0.25, 0.3) is 4.95 Å². The van der Waals surface area contributed by atoms with Gasteiger partial charge >= 0.3 is 6.03 Å². The molecule has 0 aromatic heterocycles. The monoisotopic (exact) mass is 385 g/mol. The summed E-state index contributed by atoms with van der Waals surface area (Å²) in [5.74, 6) is 0. The average molecular weight is 385 g/mol. The summed E-state index contributed by atoms with van der Waals surface area (Å²) in [5, 5.41) is 30.8. The first-order valence-electron chi connectivity index (χ1n) is 9.25. The van der Waals surface area contributed by atoms with E-state index in [0.29, 0.717) is 39.1 Å². The summed E-state index contributed by atoms with van der Waals surface area (Å²) in [6.45, 7) is 8.63. The van der Waals surface area contributed by atoms with Gasteiger partial charge in [0.1, 0.15) is 6.04 Å². The molecule has 3 heterocycles. The number of hydrogen-bond donors (Lipinski definition) is 3. The fraction of sp³-hybridized carbons (Fsp3) is 0.882. The number of amides is 2. The van der Waals surface area contributed by atoms with Crippen LogP contribution in [0.3, 0.4) is 0 Å². The zero-order chi connectivity index (χ0) is 19.4. The van der Waals surface area contributed by atoms with Gasteiger partial charge in [-0.25, -0.2) is 4.79 Å². The summed E-state index contributed by atoms with van der Waals surface area (Å²) in [6, 6.07) is -1.45. The Balaban J connectivity index is 1.82. The fourth-order valence-corrected chi connectivity index (χ4v) is 3.45. The summed E-state index contributed by atoms with van der Waals surface area (Å²) >= 11 is 0. The van der Waals surface area contributed by atoms with Crippen LogP contribution in [0.15, 0.2) is 0 Å². The minimum Gasteiger partial charge on any atom is -0.395 e. The molecule has 0 radical (unpaired) electrons. The van der Waals surface area contributed by atoms with Gasteiger partial charge < -0.3 is 34.4 Å². The third-order valence-corrected chi connectivity index (χ3v) is 5.09. The van der Waals surface area contributed by atoms with Crippen LogP contribution in [-0.4, -0.2) is 107 Å². The highest BCUT2D eigenvalue weighted by molar-refractivity contribution is 5.75. The topological polar surface area (TPSA) is 126 Å². The molecule has 3 N–H and O–H groups in total. The number of carbonyl (C=O) groups excluding carboxylic acids is 1. The highest BCUT2D eigenvalue weighted by atomic mass is 16.6. The lowest BCUT2D eigenvalue weighted by Crippen LogP contribution is -2.57. The molecule has 0 saturated carbocycles. The van der Waals surface area contributed by atoms with E-state index < -0.39 is 17.7 Å². The predicted molar refractivity (Wildman–Crippen MR) is 91.4 cm³/mol. The normalized spacial score (nSPS) is 28.6. The Hall–Kier alpha value is -1.48. The molecule has 4 atom stereocenters. The molecule has 10 nitrogen and oxygen atoms in total. The SMILES string of the molecule is [C-]#[N+]N(C(=O)N(CCO)CCO)C(CC1CO1)C(O)(CC1CO1)CC1CO1. The van der Waals surface area contributed by atoms with Gasteiger partial charge in [0.2, 0.25) is 0 Å². The lowest BCUT2D eigenvalue weighted by molar-refractivity contribution is -0.0551. The molecular formula is C17H27N3O7. The molecule has 3 saturated heterocycles. The molecule has 27 heavy (non-hydrogen) atoms. The maximum absolute atomic E-state index is 12.9. The van der Waals surface area contributed by atoms with Gasteiger partial charge in [-0.2, -0.15) is 11.5 Å². The third kappa shape index (κ3) is 5.51. The van der Waals surface area contributed by atoms with E-state index in [2.05, 4.69) is 4.95 Å². The minimum atomic E-state index is -1.35. The van der Waals surface area contributed by atoms with Gasteiger partial charge in [-0.1, -0.05) is 0 Å². The van der Waals surface area contributed by atoms with Crippen molar-refractivity contribution >= 4 is 6.03 Å². The van der Waals surface area contributed by atoms with E-state index in [-0.39, 0.29) is 44.6 Å². The molecule has 3 aliphatic heterocycles. The molecule has 0 aliphatic carbocycles. The second-order valence-corrected chi connectivity index (χ2v) is 7.29. The van der Waals surface area contributed by atoms with Gasteiger partial charge in [0, 0.05) is 32.4 Å². The smallest absolute Gasteiger partial charge is 0.386 e. The molecule has 2 amide bonds. The number of hydrogen-bond acceptors (Lipinski definition) is 7. The molecule has 152 valence electrons. The van der Waals surface area contributed by atoms with Crippen molar-refractivity contribution < 1.29 is 34.3 Å². The maximum Gasteiger partial charge on any atom is 0.386 e. The van der Waals surface area contributed by atoms with E-state index in [9.17, 15) is 20.1 Å². The Kier molecular flexibility index (Phi) is 6.52. The molecule has 10 heteroatoms. The molecular weight excluding hydrogens is 358 g/mol. The molecule has 3 aliphatic rings. The lowest BCUT2D eigenvalue weighted by Gasteiger charge is -2.37. The van der Waals surface area contributed by atoms with Crippen molar-refractivity contribution in [1.82, 2.24) is 9.91 Å². The largest absolute Gasteiger partial charge is 0.395 e. The fourth-order valence-electron chi connectivity index (χ4n) is 3.45. The van der Waals surface area contributed by atoms with E-state index >= 15 is 0 Å². The first-order valence-corrected chi connectivity index (χ1v) is 9.25. The summed E-state index contributed by atoms with van der Waals surface area (Å²) in [7, 11) is 0. The molecule has 0 bridgehead atoms. The summed E-state index contributed by atoms with van der Waals surface area (Å²) in [5.41, 5.74) is -1.35. The number of ether oxygens (including phenoxy) is 3. The van der Waals surface area contributed by atoms with Crippen molar-refractivity contribution in [1.29, 1.82) is 0 Å². The molecule has 3 rings (SSSR count). The van der Waals surface area contributed by atoms with E-state index in [1.54, 1.807) is 0 Å². The van der Waals surface area contributed by atoms with Crippen LogP contribution in [-0.2, 0) is 14.2 Å². The Morgan fingerprint density at radius 2 is 1.56 bits per heavy atom. The Morgan fingerprint density at radius 1 is 1.07 bits per heavy atom. The Labute approximate surface area is 158 Å². The van der Waals surface area contributed by atoms with Crippen LogP contribution in [0.4, 0.5) is 4.79 Å². The standard InChI is InChI=1S/C17H27N3O7/c1-18-20(16(23)19(2-4-21)3-5-22)15(6-12-9-25-12)17(24,7-13-10-26-13)8-14-11-27-14/h12-15,21-22,24H,2-11H2. The zero-order valence-electron chi connectivity index (χ0n) is 15.2. The van der Waals surface area contributed by atoms with E-state index in [1.807, 2.05) is 0 Å². The number of urea groups is 1. The maximum atomic E-state index is 12.9. The Bertz CT molecular complexity index is 537. The van der Waals surface area contributed by atoms with Crippen LogP contribution in [0.5, 0.6) is 0 Å². The van der Waals surface area contributed by atoms with Gasteiger partial charge in [0.15, 0.2) is 0 Å². The predicted octanol–water partition coefficient (Wildman–Crippen LogP) is -1.00. The van der Waals surface area contributed by atoms with Crippen LogP contribution < -0.4 is 0 Å². The molecule has 0 spiro atoms. The summed E-state index contributed by atoms with van der Waals surface area (Å²) < 4.78 is 15.9. The number of aliphatic hydroxyl groups is 3. The first kappa shape index (κ1) is 20.3. The second-order valence-electron chi connectivity index (χ2n) is 7.29. The summed E-state index contributed by atoms with van der Waals surface area (Å²) in [6.07, 6.45) is 0.654. The van der Waals surface area contributed by atoms with Crippen LogP contribution in [0.1, 0.15) is 19.3 Å². The molecule has 0 aromatic rings. The number of epoxide rings is 3. The van der Waals surface area contributed by atoms with E-state index in [4.69, 9.17) is 20.8 Å². The van der Waals surface area contributed by atoms with E-state index in [1.165, 1.54) is 4.90 Å². The first-order chi connectivity index (χ1) is 13.0. The van der Waals surface area contributed by atoms with Crippen LogP contribution in [0.2, 0.25) is 0 Å². The molecule has 3 fully saturated rings. The van der Waals surface area contributed by atoms with Crippen molar-refractivity contribution in [3.8, 4) is 0 Å². The minimum absolute atomic E-state index is 0.00599. The van der Waals surface area contributed by atoms with Crippen molar-refractivity contribution in [2.45, 2.75) is 49.2 Å². The summed E-state index contributed by atoms with van der Waals surface area (Å²) in [4.78, 5) is 17.6. The Morgan fingerprint density at radius 3 is 1.93 bits per heavy atom. The molecule has 4 unspecified atom stereocenters. The number of aliphatic hydroxyl groups excluding tert-OH is 2. The third-order valence-electron chi connectivity index (χ3n) is 5.09. The van der Waals surface area contributed by atoms with Crippen molar-refractivity contribution in [3.05, 3.63) is 11.5 Å². The van der Waals surface area contributed by atoms with Crippen molar-refractivity contribution in [3.63, 3.8) is 0 Å². The van der Waals surface area contributed by atoms with Gasteiger partial charge in [-0.3, -0.25) is 0 Å².